The quantitative estimate of drug-likeness (QED) is 0.427. The van der Waals surface area contributed by atoms with Gasteiger partial charge in [-0.1, -0.05) is 12.1 Å². The number of rotatable bonds is 9. The van der Waals surface area contributed by atoms with E-state index < -0.39 is 41.5 Å². The standard InChI is InChI=1S/C23H18F2N4O5S2/c1-34-22-7-6-19(35(30,31)28-20-12-17(24)4-2-15(20)8-10-26)14-23(22)36(32,33)29-21-13-18(25)5-3-16(21)9-11-27/h2-7,12-14,28-29H,8-9H2,1H3. The second-order valence-electron chi connectivity index (χ2n) is 7.30. The Bertz CT molecular complexity index is 1610. The summed E-state index contributed by atoms with van der Waals surface area (Å²) in [4.78, 5) is -1.09. The molecule has 0 atom stereocenters. The summed E-state index contributed by atoms with van der Waals surface area (Å²) in [5.41, 5.74) is 0.0198. The molecule has 0 aromatic heterocycles. The van der Waals surface area contributed by atoms with Gasteiger partial charge in [0.25, 0.3) is 20.0 Å². The van der Waals surface area contributed by atoms with Crippen molar-refractivity contribution in [3.8, 4) is 17.9 Å². The smallest absolute Gasteiger partial charge is 0.265 e. The molecule has 0 spiro atoms. The number of benzene rings is 3. The predicted octanol–water partition coefficient (Wildman–Crippen LogP) is 3.71. The first-order valence-corrected chi connectivity index (χ1v) is 13.0. The molecule has 0 radical (unpaired) electrons. The Labute approximate surface area is 206 Å². The molecule has 36 heavy (non-hydrogen) atoms. The molecule has 0 saturated heterocycles. The zero-order chi connectivity index (χ0) is 26.5. The third-order valence-electron chi connectivity index (χ3n) is 4.91. The van der Waals surface area contributed by atoms with Crippen LogP contribution in [0.25, 0.3) is 0 Å². The number of ether oxygens (including phenoxy) is 1. The number of sulfonamides is 2. The minimum absolute atomic E-state index is 0.184. The highest BCUT2D eigenvalue weighted by Crippen LogP contribution is 2.31. The number of nitrogens with zero attached hydrogens (tertiary/aromatic N) is 2. The van der Waals surface area contributed by atoms with Crippen molar-refractivity contribution in [3.05, 3.63) is 77.4 Å². The van der Waals surface area contributed by atoms with Crippen LogP contribution in [-0.4, -0.2) is 23.9 Å². The third-order valence-corrected chi connectivity index (χ3v) is 7.66. The molecule has 0 unspecified atom stereocenters. The lowest BCUT2D eigenvalue weighted by Gasteiger charge is -2.16. The second-order valence-corrected chi connectivity index (χ2v) is 10.6. The summed E-state index contributed by atoms with van der Waals surface area (Å²) in [6.07, 6.45) is -0.421. The fraction of sp³-hybridized carbons (Fsp3) is 0.130. The van der Waals surface area contributed by atoms with Crippen LogP contribution in [0.15, 0.2) is 64.4 Å². The van der Waals surface area contributed by atoms with Gasteiger partial charge in [-0.05, 0) is 53.6 Å². The van der Waals surface area contributed by atoms with E-state index in [1.807, 2.05) is 12.1 Å². The van der Waals surface area contributed by atoms with Crippen molar-refractivity contribution in [2.24, 2.45) is 0 Å². The first-order valence-electron chi connectivity index (χ1n) is 10.0. The molecule has 2 N–H and O–H groups in total. The van der Waals surface area contributed by atoms with E-state index in [0.29, 0.717) is 0 Å². The third kappa shape index (κ3) is 5.89. The van der Waals surface area contributed by atoms with Crippen LogP contribution in [0.5, 0.6) is 5.75 Å². The van der Waals surface area contributed by atoms with E-state index >= 15 is 0 Å². The second kappa shape index (κ2) is 10.6. The molecule has 0 aliphatic heterocycles. The van der Waals surface area contributed by atoms with Gasteiger partial charge >= 0.3 is 0 Å². The Morgan fingerprint density at radius 2 is 1.28 bits per heavy atom. The lowest BCUT2D eigenvalue weighted by atomic mass is 10.1. The Hall–Kier alpha value is -4.20. The Kier molecular flexibility index (Phi) is 7.77. The normalized spacial score (nSPS) is 11.2. The summed E-state index contributed by atoms with van der Waals surface area (Å²) >= 11 is 0. The van der Waals surface area contributed by atoms with Crippen LogP contribution >= 0.6 is 0 Å². The molecule has 3 aromatic rings. The zero-order valence-electron chi connectivity index (χ0n) is 18.6. The minimum Gasteiger partial charge on any atom is -0.495 e. The van der Waals surface area contributed by atoms with Gasteiger partial charge in [-0.3, -0.25) is 9.44 Å². The van der Waals surface area contributed by atoms with Gasteiger partial charge in [0.15, 0.2) is 0 Å². The zero-order valence-corrected chi connectivity index (χ0v) is 20.3. The monoisotopic (exact) mass is 532 g/mol. The van der Waals surface area contributed by atoms with E-state index in [4.69, 9.17) is 15.3 Å². The highest BCUT2D eigenvalue weighted by atomic mass is 32.2. The fourth-order valence-corrected chi connectivity index (χ4v) is 5.68. The summed E-state index contributed by atoms with van der Waals surface area (Å²) in [5.74, 6) is -1.72. The first-order chi connectivity index (χ1) is 17.0. The van der Waals surface area contributed by atoms with Crippen molar-refractivity contribution < 1.29 is 30.4 Å². The van der Waals surface area contributed by atoms with Gasteiger partial charge in [0.05, 0.1) is 48.4 Å². The van der Waals surface area contributed by atoms with E-state index in [0.717, 1.165) is 42.5 Å². The van der Waals surface area contributed by atoms with Crippen LogP contribution < -0.4 is 14.2 Å². The molecule has 0 bridgehead atoms. The van der Waals surface area contributed by atoms with E-state index in [1.54, 1.807) is 0 Å². The van der Waals surface area contributed by atoms with Gasteiger partial charge in [0.1, 0.15) is 22.3 Å². The van der Waals surface area contributed by atoms with Crippen LogP contribution in [0.3, 0.4) is 0 Å². The number of hydrogen-bond donors (Lipinski definition) is 2. The number of nitrogens with one attached hydrogen (secondary N) is 2. The Morgan fingerprint density at radius 1 is 0.778 bits per heavy atom. The Morgan fingerprint density at radius 3 is 1.75 bits per heavy atom. The van der Waals surface area contributed by atoms with E-state index in [-0.39, 0.29) is 41.1 Å². The van der Waals surface area contributed by atoms with Crippen LogP contribution in [0.1, 0.15) is 11.1 Å². The van der Waals surface area contributed by atoms with Crippen molar-refractivity contribution in [1.29, 1.82) is 10.5 Å². The molecule has 0 saturated carbocycles. The predicted molar refractivity (Wildman–Crippen MR) is 126 cm³/mol. The number of methoxy groups -OCH3 is 1. The molecule has 0 aliphatic rings. The minimum atomic E-state index is -4.54. The van der Waals surface area contributed by atoms with E-state index in [1.165, 1.54) is 19.2 Å². The van der Waals surface area contributed by atoms with Crippen molar-refractivity contribution in [1.82, 2.24) is 0 Å². The molecule has 0 heterocycles. The fourth-order valence-electron chi connectivity index (χ4n) is 3.20. The van der Waals surface area contributed by atoms with Crippen molar-refractivity contribution in [2.75, 3.05) is 16.6 Å². The number of halogens is 2. The number of hydrogen-bond acceptors (Lipinski definition) is 7. The maximum Gasteiger partial charge on any atom is 0.265 e. The molecule has 3 rings (SSSR count). The lowest BCUT2D eigenvalue weighted by Crippen LogP contribution is -2.18. The molecule has 13 heteroatoms. The summed E-state index contributed by atoms with van der Waals surface area (Å²) in [5, 5.41) is 17.9. The molecule has 9 nitrogen and oxygen atoms in total. The largest absolute Gasteiger partial charge is 0.495 e. The Balaban J connectivity index is 2.06. The van der Waals surface area contributed by atoms with Crippen LogP contribution in [0, 0.1) is 34.3 Å². The molecular weight excluding hydrogens is 514 g/mol. The van der Waals surface area contributed by atoms with E-state index in [2.05, 4.69) is 9.44 Å². The summed E-state index contributed by atoms with van der Waals surface area (Å²) in [6, 6.07) is 13.1. The van der Waals surface area contributed by atoms with Gasteiger partial charge in [-0.2, -0.15) is 10.5 Å². The molecule has 0 aliphatic carbocycles. The van der Waals surface area contributed by atoms with Gasteiger partial charge in [0.2, 0.25) is 0 Å². The number of nitriles is 2. The van der Waals surface area contributed by atoms with Gasteiger partial charge in [-0.25, -0.2) is 25.6 Å². The molecular formula is C23H18F2N4O5S2. The van der Waals surface area contributed by atoms with Crippen molar-refractivity contribution in [3.63, 3.8) is 0 Å². The van der Waals surface area contributed by atoms with Gasteiger partial charge in [0, 0.05) is 0 Å². The van der Waals surface area contributed by atoms with Crippen molar-refractivity contribution in [2.45, 2.75) is 22.6 Å². The number of anilines is 2. The van der Waals surface area contributed by atoms with E-state index in [9.17, 15) is 25.6 Å². The summed E-state index contributed by atoms with van der Waals surface area (Å²) in [7, 11) is -7.82. The highest BCUT2D eigenvalue weighted by Gasteiger charge is 2.26. The molecule has 0 amide bonds. The molecule has 3 aromatic carbocycles. The average molecular weight is 533 g/mol. The lowest BCUT2D eigenvalue weighted by molar-refractivity contribution is 0.402. The van der Waals surface area contributed by atoms with Crippen LogP contribution in [-0.2, 0) is 32.9 Å². The molecule has 0 fully saturated rings. The van der Waals surface area contributed by atoms with Crippen LogP contribution in [0.4, 0.5) is 20.2 Å². The maximum absolute atomic E-state index is 13.8. The van der Waals surface area contributed by atoms with Crippen LogP contribution in [0.2, 0.25) is 0 Å². The van der Waals surface area contributed by atoms with Crippen molar-refractivity contribution >= 4 is 31.4 Å². The SMILES string of the molecule is COc1ccc(S(=O)(=O)Nc2cc(F)ccc2CC#N)cc1S(=O)(=O)Nc1cc(F)ccc1CC#N. The summed E-state index contributed by atoms with van der Waals surface area (Å²) < 4.78 is 89.3. The first kappa shape index (κ1) is 26.4. The van der Waals surface area contributed by atoms with Gasteiger partial charge < -0.3 is 4.74 Å². The van der Waals surface area contributed by atoms with Gasteiger partial charge in [-0.15, -0.1) is 0 Å². The topological polar surface area (TPSA) is 149 Å². The highest BCUT2D eigenvalue weighted by molar-refractivity contribution is 7.93. The maximum atomic E-state index is 13.8. The molecule has 186 valence electrons. The average Bonchev–Trinajstić information content (AvgIpc) is 2.82. The summed E-state index contributed by atoms with van der Waals surface area (Å²) in [6.45, 7) is 0.